The van der Waals surface area contributed by atoms with Gasteiger partial charge in [-0.05, 0) is 42.5 Å². The molecule has 192 valence electrons. The van der Waals surface area contributed by atoms with Crippen molar-refractivity contribution in [2.24, 2.45) is 5.10 Å². The SMILES string of the molecule is COc1ccc(C(=O)N(C)CC(=O)N2N=C(c3ccc(OC)cc3OC)C[C@H]2c2ccccc2F)cc1. The number of carbonyl (C=O) groups excluding carboxylic acids is 2. The number of likely N-dealkylation sites (N-methyl/N-ethyl adjacent to an activating group) is 1. The van der Waals surface area contributed by atoms with E-state index in [0.717, 1.165) is 0 Å². The van der Waals surface area contributed by atoms with Gasteiger partial charge in [-0.15, -0.1) is 0 Å². The first kappa shape index (κ1) is 25.7. The Morgan fingerprint density at radius 2 is 1.65 bits per heavy atom. The molecule has 4 rings (SSSR count). The molecule has 1 atom stereocenters. The van der Waals surface area contributed by atoms with Crippen molar-refractivity contribution in [3.8, 4) is 17.2 Å². The van der Waals surface area contributed by atoms with Crippen LogP contribution in [-0.4, -0.2) is 62.4 Å². The van der Waals surface area contributed by atoms with Crippen LogP contribution in [0, 0.1) is 5.82 Å². The van der Waals surface area contributed by atoms with Crippen LogP contribution in [0.5, 0.6) is 17.2 Å². The van der Waals surface area contributed by atoms with Crippen molar-refractivity contribution >= 4 is 17.5 Å². The van der Waals surface area contributed by atoms with E-state index in [4.69, 9.17) is 14.2 Å². The van der Waals surface area contributed by atoms with Gasteiger partial charge in [0.15, 0.2) is 0 Å². The molecule has 37 heavy (non-hydrogen) atoms. The Labute approximate surface area is 214 Å². The van der Waals surface area contributed by atoms with Crippen LogP contribution in [-0.2, 0) is 4.79 Å². The fourth-order valence-corrected chi connectivity index (χ4v) is 4.23. The second kappa shape index (κ2) is 11.1. The second-order valence-electron chi connectivity index (χ2n) is 8.48. The van der Waals surface area contributed by atoms with Gasteiger partial charge in [-0.25, -0.2) is 9.40 Å². The molecule has 0 saturated heterocycles. The summed E-state index contributed by atoms with van der Waals surface area (Å²) in [5, 5.41) is 5.85. The first-order valence-corrected chi connectivity index (χ1v) is 11.6. The summed E-state index contributed by atoms with van der Waals surface area (Å²) >= 11 is 0. The molecule has 1 heterocycles. The number of methoxy groups -OCH3 is 3. The molecule has 8 nitrogen and oxygen atoms in total. The highest BCUT2D eigenvalue weighted by atomic mass is 19.1. The molecule has 9 heteroatoms. The quantitative estimate of drug-likeness (QED) is 0.456. The average Bonchev–Trinajstić information content (AvgIpc) is 3.37. The molecule has 0 aromatic heterocycles. The standard InChI is InChI=1S/C28H28FN3O5/c1-31(28(34)18-9-11-19(35-2)12-10-18)17-27(33)32-25(21-7-5-6-8-23(21)29)16-24(30-32)22-14-13-20(36-3)15-26(22)37-4/h5-15,25H,16-17H2,1-4H3/t25-/m0/s1. The van der Waals surface area contributed by atoms with Crippen LogP contribution in [0.2, 0.25) is 0 Å². The highest BCUT2D eigenvalue weighted by Gasteiger charge is 2.36. The first-order valence-electron chi connectivity index (χ1n) is 11.6. The van der Waals surface area contributed by atoms with E-state index in [9.17, 15) is 14.0 Å². The molecule has 1 aliphatic rings. The summed E-state index contributed by atoms with van der Waals surface area (Å²) in [5.41, 5.74) is 1.98. The summed E-state index contributed by atoms with van der Waals surface area (Å²) in [6, 6.07) is 17.5. The van der Waals surface area contributed by atoms with Crippen molar-refractivity contribution in [3.63, 3.8) is 0 Å². The lowest BCUT2D eigenvalue weighted by molar-refractivity contribution is -0.133. The van der Waals surface area contributed by atoms with Gasteiger partial charge in [0.1, 0.15) is 29.6 Å². The molecule has 0 N–H and O–H groups in total. The number of rotatable bonds is 8. The molecule has 0 saturated carbocycles. The van der Waals surface area contributed by atoms with Crippen molar-refractivity contribution in [2.75, 3.05) is 34.9 Å². The summed E-state index contributed by atoms with van der Waals surface area (Å²) in [6.07, 6.45) is 0.269. The maximum Gasteiger partial charge on any atom is 0.262 e. The molecule has 0 aliphatic carbocycles. The number of hydrogen-bond donors (Lipinski definition) is 0. The summed E-state index contributed by atoms with van der Waals surface area (Å²) in [5.74, 6) is 0.531. The summed E-state index contributed by atoms with van der Waals surface area (Å²) in [6.45, 7) is -0.244. The van der Waals surface area contributed by atoms with E-state index >= 15 is 0 Å². The van der Waals surface area contributed by atoms with Crippen LogP contribution in [0.15, 0.2) is 71.8 Å². The number of amides is 2. The predicted octanol–water partition coefficient (Wildman–Crippen LogP) is 4.30. The van der Waals surface area contributed by atoms with E-state index in [-0.39, 0.29) is 18.9 Å². The van der Waals surface area contributed by atoms with Crippen molar-refractivity contribution in [2.45, 2.75) is 12.5 Å². The zero-order valence-corrected chi connectivity index (χ0v) is 21.1. The van der Waals surface area contributed by atoms with Gasteiger partial charge in [-0.3, -0.25) is 9.59 Å². The Kier molecular flexibility index (Phi) is 7.71. The average molecular weight is 506 g/mol. The highest BCUT2D eigenvalue weighted by Crippen LogP contribution is 2.37. The summed E-state index contributed by atoms with van der Waals surface area (Å²) in [4.78, 5) is 27.7. The molecule has 3 aromatic carbocycles. The van der Waals surface area contributed by atoms with Gasteiger partial charge in [0, 0.05) is 36.2 Å². The third kappa shape index (κ3) is 5.40. The Morgan fingerprint density at radius 3 is 2.30 bits per heavy atom. The van der Waals surface area contributed by atoms with Crippen molar-refractivity contribution in [1.29, 1.82) is 0 Å². The van der Waals surface area contributed by atoms with Gasteiger partial charge < -0.3 is 19.1 Å². The molecular formula is C28H28FN3O5. The number of halogens is 1. The molecule has 0 unspecified atom stereocenters. The highest BCUT2D eigenvalue weighted by molar-refractivity contribution is 6.05. The Balaban J connectivity index is 1.63. The first-order chi connectivity index (χ1) is 17.9. The number of nitrogens with zero attached hydrogens (tertiary/aromatic N) is 3. The topological polar surface area (TPSA) is 80.7 Å². The molecule has 0 spiro atoms. The number of ether oxygens (including phenoxy) is 3. The molecule has 0 bridgehead atoms. The molecular weight excluding hydrogens is 477 g/mol. The van der Waals surface area contributed by atoms with E-state index in [2.05, 4.69) is 5.10 Å². The number of hydrazone groups is 1. The molecule has 0 fully saturated rings. The fraction of sp³-hybridized carbons (Fsp3) is 0.250. The fourth-order valence-electron chi connectivity index (χ4n) is 4.23. The minimum atomic E-state index is -0.681. The van der Waals surface area contributed by atoms with Crippen LogP contribution >= 0.6 is 0 Å². The minimum absolute atomic E-state index is 0.244. The summed E-state index contributed by atoms with van der Waals surface area (Å²) < 4.78 is 30.8. The molecule has 2 amide bonds. The van der Waals surface area contributed by atoms with E-state index in [1.54, 1.807) is 74.9 Å². The van der Waals surface area contributed by atoms with Gasteiger partial charge in [-0.1, -0.05) is 18.2 Å². The van der Waals surface area contributed by atoms with Crippen molar-refractivity contribution < 1.29 is 28.2 Å². The summed E-state index contributed by atoms with van der Waals surface area (Å²) in [7, 11) is 6.17. The lowest BCUT2D eigenvalue weighted by Gasteiger charge is -2.25. The zero-order valence-electron chi connectivity index (χ0n) is 21.1. The van der Waals surface area contributed by atoms with Crippen LogP contribution in [0.3, 0.4) is 0 Å². The normalized spacial score (nSPS) is 14.7. The molecule has 1 aliphatic heterocycles. The monoisotopic (exact) mass is 505 g/mol. The third-order valence-corrected chi connectivity index (χ3v) is 6.21. The number of benzene rings is 3. The van der Waals surface area contributed by atoms with Crippen LogP contribution < -0.4 is 14.2 Å². The number of carbonyl (C=O) groups is 2. The Hall–Kier alpha value is -4.40. The van der Waals surface area contributed by atoms with E-state index in [1.165, 1.54) is 30.1 Å². The van der Waals surface area contributed by atoms with Crippen molar-refractivity contribution in [1.82, 2.24) is 9.91 Å². The number of hydrogen-bond acceptors (Lipinski definition) is 6. The lowest BCUT2D eigenvalue weighted by atomic mass is 9.97. The van der Waals surface area contributed by atoms with Gasteiger partial charge >= 0.3 is 0 Å². The Bertz CT molecular complexity index is 1330. The van der Waals surface area contributed by atoms with E-state index in [1.807, 2.05) is 0 Å². The Morgan fingerprint density at radius 1 is 0.973 bits per heavy atom. The molecule has 3 aromatic rings. The maximum absolute atomic E-state index is 14.8. The van der Waals surface area contributed by atoms with Gasteiger partial charge in [0.2, 0.25) is 0 Å². The predicted molar refractivity (Wildman–Crippen MR) is 137 cm³/mol. The van der Waals surface area contributed by atoms with Gasteiger partial charge in [0.25, 0.3) is 11.8 Å². The smallest absolute Gasteiger partial charge is 0.262 e. The van der Waals surface area contributed by atoms with Crippen molar-refractivity contribution in [3.05, 3.63) is 89.2 Å². The maximum atomic E-state index is 14.8. The van der Waals surface area contributed by atoms with E-state index in [0.29, 0.717) is 39.7 Å². The van der Waals surface area contributed by atoms with E-state index < -0.39 is 17.8 Å². The zero-order chi connectivity index (χ0) is 26.5. The van der Waals surface area contributed by atoms with Crippen LogP contribution in [0.25, 0.3) is 0 Å². The van der Waals surface area contributed by atoms with Gasteiger partial charge in [-0.2, -0.15) is 5.10 Å². The van der Waals surface area contributed by atoms with Crippen LogP contribution in [0.1, 0.15) is 33.9 Å². The minimum Gasteiger partial charge on any atom is -0.497 e. The molecule has 0 radical (unpaired) electrons. The second-order valence-corrected chi connectivity index (χ2v) is 8.48. The third-order valence-electron chi connectivity index (χ3n) is 6.21. The van der Waals surface area contributed by atoms with Crippen LogP contribution in [0.4, 0.5) is 4.39 Å². The largest absolute Gasteiger partial charge is 0.497 e. The lowest BCUT2D eigenvalue weighted by Crippen LogP contribution is -2.39. The van der Waals surface area contributed by atoms with Gasteiger partial charge in [0.05, 0.1) is 33.1 Å².